The second-order valence-electron chi connectivity index (χ2n) is 4.09. The van der Waals surface area contributed by atoms with Crippen molar-refractivity contribution in [3.05, 3.63) is 47.0 Å². The maximum atomic E-state index is 13.0. The van der Waals surface area contributed by atoms with Crippen LogP contribution in [0.2, 0.25) is 0 Å². The standard InChI is InChI=1S/C13H11FN4O2/c1-18-12(10(6-17-18)13(19)20)7-16-11-3-2-9(14)4-8(11)5-15/h2-4,6,16H,7H2,1H3,(H,19,20). The highest BCUT2D eigenvalue weighted by atomic mass is 19.1. The van der Waals surface area contributed by atoms with E-state index in [0.717, 1.165) is 6.07 Å². The van der Waals surface area contributed by atoms with Crippen LogP contribution in [0.4, 0.5) is 10.1 Å². The van der Waals surface area contributed by atoms with E-state index in [1.165, 1.54) is 23.0 Å². The molecule has 0 aliphatic rings. The number of nitriles is 1. The van der Waals surface area contributed by atoms with Gasteiger partial charge in [-0.15, -0.1) is 0 Å². The lowest BCUT2D eigenvalue weighted by Crippen LogP contribution is -2.10. The number of carboxylic acid groups (broad SMARTS) is 1. The lowest BCUT2D eigenvalue weighted by molar-refractivity contribution is 0.0695. The number of aromatic carboxylic acids is 1. The number of aromatic nitrogens is 2. The van der Waals surface area contributed by atoms with Crippen molar-refractivity contribution < 1.29 is 14.3 Å². The smallest absolute Gasteiger partial charge is 0.339 e. The minimum Gasteiger partial charge on any atom is -0.478 e. The van der Waals surface area contributed by atoms with Gasteiger partial charge in [-0.05, 0) is 18.2 Å². The third-order valence-electron chi connectivity index (χ3n) is 2.84. The Morgan fingerprint density at radius 1 is 1.60 bits per heavy atom. The summed E-state index contributed by atoms with van der Waals surface area (Å²) in [6.45, 7) is 0.165. The van der Waals surface area contributed by atoms with Gasteiger partial charge in [-0.3, -0.25) is 4.68 Å². The van der Waals surface area contributed by atoms with Crippen molar-refractivity contribution in [3.63, 3.8) is 0 Å². The summed E-state index contributed by atoms with van der Waals surface area (Å²) in [6, 6.07) is 5.65. The average molecular weight is 274 g/mol. The normalized spacial score (nSPS) is 10.1. The number of benzene rings is 1. The Labute approximate surface area is 114 Å². The van der Waals surface area contributed by atoms with Crippen LogP contribution in [0.1, 0.15) is 21.6 Å². The summed E-state index contributed by atoms with van der Waals surface area (Å²) in [6.07, 6.45) is 1.26. The fourth-order valence-electron chi connectivity index (χ4n) is 1.79. The fourth-order valence-corrected chi connectivity index (χ4v) is 1.79. The van der Waals surface area contributed by atoms with Crippen LogP contribution in [0.25, 0.3) is 0 Å². The Kier molecular flexibility index (Phi) is 3.66. The van der Waals surface area contributed by atoms with Crippen molar-refractivity contribution in [3.8, 4) is 6.07 Å². The third kappa shape index (κ3) is 2.59. The van der Waals surface area contributed by atoms with Gasteiger partial charge in [0, 0.05) is 7.05 Å². The average Bonchev–Trinajstić information content (AvgIpc) is 2.78. The molecule has 0 aliphatic carbocycles. The van der Waals surface area contributed by atoms with Gasteiger partial charge in [-0.1, -0.05) is 0 Å². The predicted molar refractivity (Wildman–Crippen MR) is 68.6 cm³/mol. The number of carbonyl (C=O) groups is 1. The van der Waals surface area contributed by atoms with Crippen molar-refractivity contribution in [2.75, 3.05) is 5.32 Å². The molecule has 0 radical (unpaired) electrons. The monoisotopic (exact) mass is 274 g/mol. The SMILES string of the molecule is Cn1ncc(C(=O)O)c1CNc1ccc(F)cc1C#N. The Morgan fingerprint density at radius 3 is 3.00 bits per heavy atom. The summed E-state index contributed by atoms with van der Waals surface area (Å²) in [5, 5.41) is 24.8. The fraction of sp³-hybridized carbons (Fsp3) is 0.154. The maximum absolute atomic E-state index is 13.0. The lowest BCUT2D eigenvalue weighted by atomic mass is 10.2. The molecular weight excluding hydrogens is 263 g/mol. The van der Waals surface area contributed by atoms with Crippen molar-refractivity contribution >= 4 is 11.7 Å². The third-order valence-corrected chi connectivity index (χ3v) is 2.84. The van der Waals surface area contributed by atoms with Crippen LogP contribution in [-0.4, -0.2) is 20.9 Å². The molecule has 0 fully saturated rings. The molecule has 0 spiro atoms. The summed E-state index contributed by atoms with van der Waals surface area (Å²) in [7, 11) is 1.62. The van der Waals surface area contributed by atoms with Crippen LogP contribution < -0.4 is 5.32 Å². The highest BCUT2D eigenvalue weighted by Crippen LogP contribution is 2.18. The van der Waals surface area contributed by atoms with E-state index in [1.807, 2.05) is 6.07 Å². The second-order valence-corrected chi connectivity index (χ2v) is 4.09. The van der Waals surface area contributed by atoms with Crippen LogP contribution in [0.15, 0.2) is 24.4 Å². The second kappa shape index (κ2) is 5.40. The van der Waals surface area contributed by atoms with Gasteiger partial charge in [0.25, 0.3) is 0 Å². The Balaban J connectivity index is 2.24. The zero-order valence-electron chi connectivity index (χ0n) is 10.6. The van der Waals surface area contributed by atoms with Crippen LogP contribution in [0.5, 0.6) is 0 Å². The van der Waals surface area contributed by atoms with E-state index in [0.29, 0.717) is 11.4 Å². The van der Waals surface area contributed by atoms with E-state index < -0.39 is 11.8 Å². The number of anilines is 1. The number of nitrogens with zero attached hydrogens (tertiary/aromatic N) is 3. The molecule has 7 heteroatoms. The zero-order chi connectivity index (χ0) is 14.7. The molecule has 2 N–H and O–H groups in total. The van der Waals surface area contributed by atoms with Gasteiger partial charge in [-0.25, -0.2) is 9.18 Å². The molecule has 1 heterocycles. The molecule has 6 nitrogen and oxygen atoms in total. The first-order valence-corrected chi connectivity index (χ1v) is 5.70. The van der Waals surface area contributed by atoms with E-state index in [1.54, 1.807) is 7.05 Å². The van der Waals surface area contributed by atoms with Gasteiger partial charge in [-0.2, -0.15) is 10.4 Å². The van der Waals surface area contributed by atoms with Gasteiger partial charge < -0.3 is 10.4 Å². The molecule has 1 aromatic carbocycles. The predicted octanol–water partition coefficient (Wildman–Crippen LogP) is 1.74. The van der Waals surface area contributed by atoms with Crippen LogP contribution >= 0.6 is 0 Å². The van der Waals surface area contributed by atoms with Gasteiger partial charge in [0.2, 0.25) is 0 Å². The van der Waals surface area contributed by atoms with E-state index in [9.17, 15) is 9.18 Å². The highest BCUT2D eigenvalue weighted by Gasteiger charge is 2.15. The number of nitrogens with one attached hydrogen (secondary N) is 1. The molecule has 102 valence electrons. The Hall–Kier alpha value is -2.88. The van der Waals surface area contributed by atoms with Crippen molar-refractivity contribution in [1.82, 2.24) is 9.78 Å². The molecule has 0 atom stereocenters. The summed E-state index contributed by atoms with van der Waals surface area (Å²) in [5.41, 5.74) is 1.14. The number of carboxylic acids is 1. The van der Waals surface area contributed by atoms with Gasteiger partial charge in [0.1, 0.15) is 17.4 Å². The molecule has 1 aromatic heterocycles. The number of rotatable bonds is 4. The largest absolute Gasteiger partial charge is 0.478 e. The minimum absolute atomic E-state index is 0.0839. The Bertz CT molecular complexity index is 703. The molecule has 0 saturated carbocycles. The van der Waals surface area contributed by atoms with Crippen molar-refractivity contribution in [2.45, 2.75) is 6.54 Å². The topological polar surface area (TPSA) is 90.9 Å². The van der Waals surface area contributed by atoms with Crippen LogP contribution in [0, 0.1) is 17.1 Å². The van der Waals surface area contributed by atoms with Crippen molar-refractivity contribution in [1.29, 1.82) is 5.26 Å². The molecule has 2 rings (SSSR count). The lowest BCUT2D eigenvalue weighted by Gasteiger charge is -2.09. The van der Waals surface area contributed by atoms with E-state index in [4.69, 9.17) is 10.4 Å². The van der Waals surface area contributed by atoms with Gasteiger partial charge in [0.15, 0.2) is 0 Å². The summed E-state index contributed by atoms with van der Waals surface area (Å²) >= 11 is 0. The minimum atomic E-state index is -1.07. The summed E-state index contributed by atoms with van der Waals surface area (Å²) in [5.74, 6) is -1.58. The van der Waals surface area contributed by atoms with E-state index >= 15 is 0 Å². The number of hydrogen-bond acceptors (Lipinski definition) is 4. The molecule has 0 unspecified atom stereocenters. The van der Waals surface area contributed by atoms with E-state index in [2.05, 4.69) is 10.4 Å². The molecule has 0 amide bonds. The van der Waals surface area contributed by atoms with Crippen LogP contribution in [-0.2, 0) is 13.6 Å². The summed E-state index contributed by atoms with van der Waals surface area (Å²) in [4.78, 5) is 11.0. The first-order valence-electron chi connectivity index (χ1n) is 5.70. The molecule has 0 aliphatic heterocycles. The van der Waals surface area contributed by atoms with E-state index in [-0.39, 0.29) is 17.7 Å². The number of hydrogen-bond donors (Lipinski definition) is 2. The molecule has 0 saturated heterocycles. The number of halogens is 1. The van der Waals surface area contributed by atoms with Crippen molar-refractivity contribution in [2.24, 2.45) is 7.05 Å². The summed E-state index contributed by atoms with van der Waals surface area (Å²) < 4.78 is 14.4. The molecule has 20 heavy (non-hydrogen) atoms. The maximum Gasteiger partial charge on any atom is 0.339 e. The quantitative estimate of drug-likeness (QED) is 0.886. The Morgan fingerprint density at radius 2 is 2.35 bits per heavy atom. The number of aryl methyl sites for hydroxylation is 1. The van der Waals surface area contributed by atoms with Gasteiger partial charge in [0.05, 0.1) is 29.7 Å². The van der Waals surface area contributed by atoms with Gasteiger partial charge >= 0.3 is 5.97 Å². The van der Waals surface area contributed by atoms with Crippen LogP contribution in [0.3, 0.4) is 0 Å². The molecular formula is C13H11FN4O2. The first kappa shape index (κ1) is 13.5. The molecule has 2 aromatic rings. The first-order chi connectivity index (χ1) is 9.52. The highest BCUT2D eigenvalue weighted by molar-refractivity contribution is 5.88. The zero-order valence-corrected chi connectivity index (χ0v) is 10.6. The molecule has 0 bridgehead atoms.